The fourth-order valence-corrected chi connectivity index (χ4v) is 1.60. The van der Waals surface area contributed by atoms with Crippen molar-refractivity contribution in [2.45, 2.75) is 11.8 Å². The summed E-state index contributed by atoms with van der Waals surface area (Å²) in [5.74, 6) is -0.191. The van der Waals surface area contributed by atoms with E-state index in [1.54, 1.807) is 12.1 Å². The second kappa shape index (κ2) is 4.25. The lowest BCUT2D eigenvalue weighted by atomic mass is 10.0. The van der Waals surface area contributed by atoms with Crippen LogP contribution in [0.1, 0.15) is 22.9 Å². The fraction of sp³-hybridized carbons (Fsp3) is 0.200. The van der Waals surface area contributed by atoms with Crippen molar-refractivity contribution in [2.24, 2.45) is 0 Å². The van der Waals surface area contributed by atoms with Gasteiger partial charge in [0, 0.05) is 5.56 Å². The molecule has 4 heteroatoms. The monoisotopic (exact) mass is 253 g/mol. The van der Waals surface area contributed by atoms with Gasteiger partial charge < -0.3 is 5.11 Å². The van der Waals surface area contributed by atoms with E-state index in [-0.39, 0.29) is 11.5 Å². The van der Waals surface area contributed by atoms with Crippen molar-refractivity contribution in [2.75, 3.05) is 0 Å². The van der Waals surface area contributed by atoms with Crippen LogP contribution in [0.15, 0.2) is 18.2 Å². The highest BCUT2D eigenvalue weighted by atomic mass is 79.9. The molecule has 0 saturated carbocycles. The number of ketones is 1. The average molecular weight is 254 g/mol. The van der Waals surface area contributed by atoms with Crippen LogP contribution in [0.25, 0.3) is 0 Å². The largest absolute Gasteiger partial charge is 0.508 e. The van der Waals surface area contributed by atoms with Crippen LogP contribution in [0.3, 0.4) is 0 Å². The number of aromatic hydroxyl groups is 1. The minimum absolute atomic E-state index is 0.0406. The van der Waals surface area contributed by atoms with Gasteiger partial charge in [-0.05, 0) is 19.1 Å². The number of Topliss-reactive ketones (excluding diaryl/α,β-unsaturated/α-hetero) is 1. The van der Waals surface area contributed by atoms with Crippen LogP contribution in [-0.2, 0) is 4.79 Å². The quantitative estimate of drug-likeness (QED) is 0.823. The zero-order valence-electron chi connectivity index (χ0n) is 7.49. The Morgan fingerprint density at radius 1 is 1.64 bits per heavy atom. The standard InChI is InChI=1S/C10H8BrNO2/c1-6(13)10(11)9-7(5-12)3-2-4-8(9)14/h2-4,10,14H,1H3. The number of carbonyl (C=O) groups excluding carboxylic acids is 1. The van der Waals surface area contributed by atoms with Crippen molar-refractivity contribution < 1.29 is 9.90 Å². The molecule has 0 aromatic heterocycles. The van der Waals surface area contributed by atoms with Gasteiger partial charge in [-0.2, -0.15) is 5.26 Å². The van der Waals surface area contributed by atoms with Gasteiger partial charge in [0.2, 0.25) is 0 Å². The molecule has 0 amide bonds. The molecule has 1 unspecified atom stereocenters. The minimum atomic E-state index is -0.627. The molecule has 1 aromatic rings. The summed E-state index contributed by atoms with van der Waals surface area (Å²) < 4.78 is 0. The van der Waals surface area contributed by atoms with Crippen molar-refractivity contribution in [3.8, 4) is 11.8 Å². The Kier molecular flexibility index (Phi) is 3.26. The molecule has 0 bridgehead atoms. The van der Waals surface area contributed by atoms with E-state index in [0.717, 1.165) is 0 Å². The second-order valence-electron chi connectivity index (χ2n) is 2.82. The Balaban J connectivity index is 3.32. The summed E-state index contributed by atoms with van der Waals surface area (Å²) in [7, 11) is 0. The number of nitrogens with zero attached hydrogens (tertiary/aromatic N) is 1. The Hall–Kier alpha value is -1.34. The third-order valence-corrected chi connectivity index (χ3v) is 2.92. The van der Waals surface area contributed by atoms with Crippen molar-refractivity contribution in [3.05, 3.63) is 29.3 Å². The summed E-state index contributed by atoms with van der Waals surface area (Å²) in [6, 6.07) is 6.51. The molecule has 0 aliphatic rings. The molecule has 0 heterocycles. The Morgan fingerprint density at radius 3 is 2.79 bits per heavy atom. The van der Waals surface area contributed by atoms with E-state index in [2.05, 4.69) is 15.9 Å². The third-order valence-electron chi connectivity index (χ3n) is 1.81. The van der Waals surface area contributed by atoms with Gasteiger partial charge in [0.05, 0.1) is 11.6 Å². The highest BCUT2D eigenvalue weighted by Crippen LogP contribution is 2.33. The highest BCUT2D eigenvalue weighted by molar-refractivity contribution is 9.09. The van der Waals surface area contributed by atoms with Gasteiger partial charge in [-0.25, -0.2) is 0 Å². The molecule has 0 saturated heterocycles. The van der Waals surface area contributed by atoms with E-state index in [9.17, 15) is 9.90 Å². The van der Waals surface area contributed by atoms with Crippen molar-refractivity contribution in [1.29, 1.82) is 5.26 Å². The lowest BCUT2D eigenvalue weighted by Gasteiger charge is -2.09. The topological polar surface area (TPSA) is 61.1 Å². The zero-order chi connectivity index (χ0) is 10.7. The second-order valence-corrected chi connectivity index (χ2v) is 3.74. The van der Waals surface area contributed by atoms with Crippen molar-refractivity contribution in [1.82, 2.24) is 0 Å². The smallest absolute Gasteiger partial charge is 0.148 e. The summed E-state index contributed by atoms with van der Waals surface area (Å²) >= 11 is 3.13. The number of phenols is 1. The predicted molar refractivity (Wildman–Crippen MR) is 55.2 cm³/mol. The molecule has 1 N–H and O–H groups in total. The normalized spacial score (nSPS) is 11.8. The maximum Gasteiger partial charge on any atom is 0.148 e. The molecule has 0 fully saturated rings. The number of hydrogen-bond donors (Lipinski definition) is 1. The minimum Gasteiger partial charge on any atom is -0.508 e. The summed E-state index contributed by atoms with van der Waals surface area (Å²) in [5.41, 5.74) is 0.643. The Morgan fingerprint density at radius 2 is 2.29 bits per heavy atom. The van der Waals surface area contributed by atoms with Crippen LogP contribution in [-0.4, -0.2) is 10.9 Å². The van der Waals surface area contributed by atoms with E-state index in [4.69, 9.17) is 5.26 Å². The van der Waals surface area contributed by atoms with Gasteiger partial charge in [0.1, 0.15) is 16.4 Å². The molecular formula is C10H8BrNO2. The maximum absolute atomic E-state index is 11.1. The van der Waals surface area contributed by atoms with Crippen LogP contribution in [0.4, 0.5) is 0 Å². The molecule has 72 valence electrons. The van der Waals surface area contributed by atoms with E-state index in [0.29, 0.717) is 11.1 Å². The molecule has 1 rings (SSSR count). The third kappa shape index (κ3) is 1.94. The van der Waals surface area contributed by atoms with E-state index >= 15 is 0 Å². The number of halogens is 1. The lowest BCUT2D eigenvalue weighted by Crippen LogP contribution is -2.03. The van der Waals surface area contributed by atoms with Crippen LogP contribution < -0.4 is 0 Å². The van der Waals surface area contributed by atoms with Crippen LogP contribution in [0, 0.1) is 11.3 Å². The van der Waals surface area contributed by atoms with Gasteiger partial charge >= 0.3 is 0 Å². The zero-order valence-corrected chi connectivity index (χ0v) is 9.08. The number of hydrogen-bond acceptors (Lipinski definition) is 3. The van der Waals surface area contributed by atoms with E-state index < -0.39 is 4.83 Å². The maximum atomic E-state index is 11.1. The van der Waals surface area contributed by atoms with Gasteiger partial charge in [0.15, 0.2) is 0 Å². The summed E-state index contributed by atoms with van der Waals surface area (Å²) in [6.45, 7) is 1.40. The number of alkyl halides is 1. The van der Waals surface area contributed by atoms with Crippen LogP contribution in [0.2, 0.25) is 0 Å². The first kappa shape index (κ1) is 10.7. The molecule has 0 aliphatic carbocycles. The summed E-state index contributed by atoms with van der Waals surface area (Å²) in [4.78, 5) is 10.5. The molecule has 0 aliphatic heterocycles. The first-order chi connectivity index (χ1) is 6.57. The van der Waals surface area contributed by atoms with E-state index in [1.165, 1.54) is 13.0 Å². The van der Waals surface area contributed by atoms with Crippen molar-refractivity contribution >= 4 is 21.7 Å². The SMILES string of the molecule is CC(=O)C(Br)c1c(O)cccc1C#N. The first-order valence-corrected chi connectivity index (χ1v) is 4.86. The fourth-order valence-electron chi connectivity index (χ4n) is 1.12. The summed E-state index contributed by atoms with van der Waals surface area (Å²) in [6.07, 6.45) is 0. The average Bonchev–Trinajstić information content (AvgIpc) is 2.16. The number of carbonyl (C=O) groups is 1. The molecule has 0 spiro atoms. The molecule has 14 heavy (non-hydrogen) atoms. The molecule has 0 radical (unpaired) electrons. The molecule has 1 atom stereocenters. The van der Waals surface area contributed by atoms with Crippen molar-refractivity contribution in [3.63, 3.8) is 0 Å². The van der Waals surface area contributed by atoms with Gasteiger partial charge in [0.25, 0.3) is 0 Å². The Labute approximate surface area is 90.1 Å². The number of benzene rings is 1. The lowest BCUT2D eigenvalue weighted by molar-refractivity contribution is -0.116. The number of nitriles is 1. The van der Waals surface area contributed by atoms with Gasteiger partial charge in [-0.3, -0.25) is 4.79 Å². The highest BCUT2D eigenvalue weighted by Gasteiger charge is 2.20. The summed E-state index contributed by atoms with van der Waals surface area (Å²) in [5, 5.41) is 18.3. The van der Waals surface area contributed by atoms with Crippen LogP contribution >= 0.6 is 15.9 Å². The predicted octanol–water partition coefficient (Wildman–Crippen LogP) is 2.29. The Bertz CT molecular complexity index is 409. The molecule has 3 nitrogen and oxygen atoms in total. The van der Waals surface area contributed by atoms with E-state index in [1.807, 2.05) is 6.07 Å². The van der Waals surface area contributed by atoms with Gasteiger partial charge in [-0.1, -0.05) is 22.0 Å². The number of phenolic OH excluding ortho intramolecular Hbond substituents is 1. The van der Waals surface area contributed by atoms with Crippen LogP contribution in [0.5, 0.6) is 5.75 Å². The number of rotatable bonds is 2. The molecule has 1 aromatic carbocycles. The molecular weight excluding hydrogens is 246 g/mol. The first-order valence-electron chi connectivity index (χ1n) is 3.94. The van der Waals surface area contributed by atoms with Gasteiger partial charge in [-0.15, -0.1) is 0 Å².